The largest absolute Gasteiger partial charge is 0.504 e. The van der Waals surface area contributed by atoms with Gasteiger partial charge in [0.05, 0.1) is 31.2 Å². The summed E-state index contributed by atoms with van der Waals surface area (Å²) in [6.07, 6.45) is 1.46. The summed E-state index contributed by atoms with van der Waals surface area (Å²) in [5, 5.41) is 22.8. The van der Waals surface area contributed by atoms with Crippen molar-refractivity contribution in [2.45, 2.75) is 6.92 Å². The van der Waals surface area contributed by atoms with Gasteiger partial charge in [0.2, 0.25) is 0 Å². The van der Waals surface area contributed by atoms with Crippen LogP contribution in [0.2, 0.25) is 0 Å². The summed E-state index contributed by atoms with van der Waals surface area (Å²) in [7, 11) is 1.60. The molecule has 162 valence electrons. The van der Waals surface area contributed by atoms with Crippen LogP contribution in [0.15, 0.2) is 65.8 Å². The molecule has 1 aromatic heterocycles. The first-order valence-corrected chi connectivity index (χ1v) is 10.0. The summed E-state index contributed by atoms with van der Waals surface area (Å²) in [5.41, 5.74) is 4.78. The number of hydrogen-bond acceptors (Lipinski definition) is 6. The van der Waals surface area contributed by atoms with Crippen molar-refractivity contribution in [1.29, 1.82) is 0 Å². The number of phenolic OH excluding ortho intramolecular Hbond substituents is 1. The lowest BCUT2D eigenvalue weighted by atomic mass is 10.0. The zero-order valence-electron chi connectivity index (χ0n) is 17.6. The number of benzene rings is 3. The SMILES string of the molecule is CCOc1cc(C=NNC(=O)c2cc(-c3c(OC)ccc4ccccc34)n[nH]2)ccc1O. The van der Waals surface area contributed by atoms with E-state index in [1.165, 1.54) is 12.3 Å². The highest BCUT2D eigenvalue weighted by molar-refractivity contribution is 6.00. The number of hydrazone groups is 1. The smallest absolute Gasteiger partial charge is 0.289 e. The second kappa shape index (κ2) is 9.22. The number of carbonyl (C=O) groups excluding carboxylic acids is 1. The third-order valence-corrected chi connectivity index (χ3v) is 4.85. The lowest BCUT2D eigenvalue weighted by molar-refractivity contribution is 0.0950. The number of H-pyrrole nitrogens is 1. The Morgan fingerprint density at radius 1 is 1.16 bits per heavy atom. The number of fused-ring (bicyclic) bond motifs is 1. The van der Waals surface area contributed by atoms with E-state index in [1.807, 2.05) is 43.3 Å². The molecule has 0 aliphatic rings. The minimum atomic E-state index is -0.442. The number of nitrogens with one attached hydrogen (secondary N) is 2. The van der Waals surface area contributed by atoms with Crippen LogP contribution in [0.4, 0.5) is 0 Å². The van der Waals surface area contributed by atoms with Crippen molar-refractivity contribution in [3.05, 3.63) is 71.9 Å². The number of carbonyl (C=O) groups is 1. The van der Waals surface area contributed by atoms with Crippen LogP contribution in [-0.2, 0) is 0 Å². The number of amides is 1. The molecule has 4 rings (SSSR count). The van der Waals surface area contributed by atoms with Crippen LogP contribution in [-0.4, -0.2) is 41.1 Å². The number of hydrogen-bond donors (Lipinski definition) is 3. The van der Waals surface area contributed by atoms with Gasteiger partial charge < -0.3 is 14.6 Å². The van der Waals surface area contributed by atoms with Gasteiger partial charge in [0, 0.05) is 0 Å². The summed E-state index contributed by atoms with van der Waals surface area (Å²) in [6, 6.07) is 18.2. The molecule has 0 atom stereocenters. The Balaban J connectivity index is 1.54. The molecule has 1 amide bonds. The second-order valence-corrected chi connectivity index (χ2v) is 6.89. The van der Waals surface area contributed by atoms with E-state index in [0.717, 1.165) is 16.3 Å². The van der Waals surface area contributed by atoms with E-state index in [0.29, 0.717) is 29.4 Å². The number of aromatic amines is 1. The predicted octanol–water partition coefficient (Wildman–Crippen LogP) is 4.11. The standard InChI is InChI=1S/C24H22N4O4/c1-3-32-22-12-15(8-10-20(22)29)14-25-28-24(30)19-13-18(26-27-19)23-17-7-5-4-6-16(17)9-11-21(23)31-2/h4-14,29H,3H2,1-2H3,(H,26,27)(H,28,30). The van der Waals surface area contributed by atoms with Crippen LogP contribution >= 0.6 is 0 Å². The third-order valence-electron chi connectivity index (χ3n) is 4.85. The van der Waals surface area contributed by atoms with Gasteiger partial charge in [-0.15, -0.1) is 0 Å². The van der Waals surface area contributed by atoms with Crippen molar-refractivity contribution in [2.24, 2.45) is 5.10 Å². The Bertz CT molecular complexity index is 1300. The van der Waals surface area contributed by atoms with Crippen molar-refractivity contribution in [3.63, 3.8) is 0 Å². The van der Waals surface area contributed by atoms with Gasteiger partial charge in [-0.05, 0) is 53.6 Å². The zero-order chi connectivity index (χ0) is 22.5. The molecule has 0 unspecified atom stereocenters. The molecule has 3 aromatic carbocycles. The lowest BCUT2D eigenvalue weighted by Crippen LogP contribution is -2.18. The molecule has 0 saturated heterocycles. The molecule has 4 aromatic rings. The maximum atomic E-state index is 12.5. The third kappa shape index (κ3) is 4.24. The van der Waals surface area contributed by atoms with E-state index in [2.05, 4.69) is 20.7 Å². The number of methoxy groups -OCH3 is 1. The van der Waals surface area contributed by atoms with Crippen molar-refractivity contribution >= 4 is 22.9 Å². The summed E-state index contributed by atoms with van der Waals surface area (Å²) in [6.45, 7) is 2.25. The predicted molar refractivity (Wildman–Crippen MR) is 122 cm³/mol. The Hall–Kier alpha value is -4.33. The molecule has 3 N–H and O–H groups in total. The normalized spacial score (nSPS) is 11.1. The summed E-state index contributed by atoms with van der Waals surface area (Å²) in [4.78, 5) is 12.5. The number of ether oxygens (including phenoxy) is 2. The van der Waals surface area contributed by atoms with Gasteiger partial charge in [-0.25, -0.2) is 5.43 Å². The lowest BCUT2D eigenvalue weighted by Gasteiger charge is -2.09. The summed E-state index contributed by atoms with van der Waals surface area (Å²) < 4.78 is 10.9. The number of aromatic hydroxyl groups is 1. The van der Waals surface area contributed by atoms with Crippen LogP contribution in [0.5, 0.6) is 17.2 Å². The topological polar surface area (TPSA) is 109 Å². The molecular formula is C24H22N4O4. The molecule has 0 aliphatic carbocycles. The van der Waals surface area contributed by atoms with Crippen molar-refractivity contribution in [1.82, 2.24) is 15.6 Å². The van der Waals surface area contributed by atoms with Gasteiger partial charge in [-0.3, -0.25) is 9.89 Å². The quantitative estimate of drug-likeness (QED) is 0.302. The average molecular weight is 430 g/mol. The van der Waals surface area contributed by atoms with E-state index < -0.39 is 5.91 Å². The van der Waals surface area contributed by atoms with E-state index in [4.69, 9.17) is 9.47 Å². The molecule has 0 radical (unpaired) electrons. The average Bonchev–Trinajstić information content (AvgIpc) is 3.30. The van der Waals surface area contributed by atoms with E-state index in [-0.39, 0.29) is 11.4 Å². The maximum Gasteiger partial charge on any atom is 0.289 e. The fraction of sp³-hybridized carbons (Fsp3) is 0.125. The fourth-order valence-electron chi connectivity index (χ4n) is 3.36. The molecule has 0 spiro atoms. The summed E-state index contributed by atoms with van der Waals surface area (Å²) in [5.74, 6) is 0.618. The highest BCUT2D eigenvalue weighted by atomic mass is 16.5. The van der Waals surface area contributed by atoms with E-state index >= 15 is 0 Å². The van der Waals surface area contributed by atoms with Gasteiger partial charge in [0.25, 0.3) is 5.91 Å². The van der Waals surface area contributed by atoms with Crippen molar-refractivity contribution < 1.29 is 19.4 Å². The molecular weight excluding hydrogens is 408 g/mol. The molecule has 0 fully saturated rings. The first-order valence-electron chi connectivity index (χ1n) is 10.0. The highest BCUT2D eigenvalue weighted by Crippen LogP contribution is 2.36. The first-order chi connectivity index (χ1) is 15.6. The number of nitrogens with zero attached hydrogens (tertiary/aromatic N) is 2. The van der Waals surface area contributed by atoms with E-state index in [1.54, 1.807) is 25.3 Å². The molecule has 0 aliphatic heterocycles. The van der Waals surface area contributed by atoms with Crippen LogP contribution in [0.3, 0.4) is 0 Å². The Morgan fingerprint density at radius 2 is 2.00 bits per heavy atom. The molecule has 8 nitrogen and oxygen atoms in total. The molecule has 8 heteroatoms. The van der Waals surface area contributed by atoms with Crippen LogP contribution in [0.25, 0.3) is 22.0 Å². The molecule has 0 bridgehead atoms. The summed E-state index contributed by atoms with van der Waals surface area (Å²) >= 11 is 0. The zero-order valence-corrected chi connectivity index (χ0v) is 17.6. The number of phenols is 1. The van der Waals surface area contributed by atoms with E-state index in [9.17, 15) is 9.90 Å². The minimum Gasteiger partial charge on any atom is -0.504 e. The van der Waals surface area contributed by atoms with Gasteiger partial charge in [0.15, 0.2) is 11.5 Å². The second-order valence-electron chi connectivity index (χ2n) is 6.89. The Morgan fingerprint density at radius 3 is 2.81 bits per heavy atom. The monoisotopic (exact) mass is 430 g/mol. The van der Waals surface area contributed by atoms with Crippen LogP contribution in [0, 0.1) is 0 Å². The molecule has 32 heavy (non-hydrogen) atoms. The Kier molecular flexibility index (Phi) is 6.03. The highest BCUT2D eigenvalue weighted by Gasteiger charge is 2.16. The van der Waals surface area contributed by atoms with Gasteiger partial charge in [-0.1, -0.05) is 30.3 Å². The van der Waals surface area contributed by atoms with Crippen LogP contribution in [0.1, 0.15) is 23.0 Å². The van der Waals surface area contributed by atoms with Gasteiger partial charge in [-0.2, -0.15) is 10.2 Å². The maximum absolute atomic E-state index is 12.5. The minimum absolute atomic E-state index is 0.0434. The van der Waals surface area contributed by atoms with Gasteiger partial charge in [0.1, 0.15) is 11.4 Å². The van der Waals surface area contributed by atoms with Crippen molar-refractivity contribution in [3.8, 4) is 28.5 Å². The number of rotatable bonds is 7. The molecule has 1 heterocycles. The van der Waals surface area contributed by atoms with Crippen molar-refractivity contribution in [2.75, 3.05) is 13.7 Å². The van der Waals surface area contributed by atoms with Crippen LogP contribution < -0.4 is 14.9 Å². The first kappa shape index (κ1) is 20.9. The Labute approximate surface area is 184 Å². The number of aromatic nitrogens is 2. The van der Waals surface area contributed by atoms with Gasteiger partial charge >= 0.3 is 0 Å². The fourth-order valence-corrected chi connectivity index (χ4v) is 3.36. The molecule has 0 saturated carbocycles.